The fourth-order valence-corrected chi connectivity index (χ4v) is 2.34. The van der Waals surface area contributed by atoms with E-state index in [9.17, 15) is 18.5 Å². The Morgan fingerprint density at radius 1 is 1.40 bits per heavy atom. The van der Waals surface area contributed by atoms with Crippen molar-refractivity contribution < 1.29 is 13.3 Å². The quantitative estimate of drug-likeness (QED) is 0.268. The monoisotopic (exact) mass is 305 g/mol. The first-order valence-electron chi connectivity index (χ1n) is 5.58. The van der Waals surface area contributed by atoms with Gasteiger partial charge in [-0.15, -0.1) is 0 Å². The van der Waals surface area contributed by atoms with Crippen LogP contribution in [-0.4, -0.2) is 42.2 Å². The fraction of sp³-hybridized carbons (Fsp3) is 0.500. The molecule has 1 aromatic rings. The maximum atomic E-state index is 11.4. The van der Waals surface area contributed by atoms with E-state index in [4.69, 9.17) is 5.84 Å². The van der Waals surface area contributed by atoms with Crippen LogP contribution in [0, 0.1) is 10.1 Å². The van der Waals surface area contributed by atoms with Crippen molar-refractivity contribution in [2.24, 2.45) is 5.84 Å². The Labute approximate surface area is 115 Å². The second kappa shape index (κ2) is 6.93. The van der Waals surface area contributed by atoms with Gasteiger partial charge in [-0.05, 0) is 0 Å². The minimum Gasteiger partial charge on any atom is -0.363 e. The lowest BCUT2D eigenvalue weighted by molar-refractivity contribution is -0.383. The Morgan fingerprint density at radius 3 is 2.60 bits per heavy atom. The molecule has 20 heavy (non-hydrogen) atoms. The second-order valence-electron chi connectivity index (χ2n) is 3.56. The molecule has 0 saturated carbocycles. The van der Waals surface area contributed by atoms with Gasteiger partial charge in [-0.2, -0.15) is 0 Å². The predicted molar refractivity (Wildman–Crippen MR) is 72.4 cm³/mol. The maximum absolute atomic E-state index is 11.4. The highest BCUT2D eigenvalue weighted by atomic mass is 32.2. The highest BCUT2D eigenvalue weighted by molar-refractivity contribution is 7.89. The van der Waals surface area contributed by atoms with Crippen LogP contribution in [0.25, 0.3) is 0 Å². The van der Waals surface area contributed by atoms with Crippen LogP contribution in [0.5, 0.6) is 0 Å². The van der Waals surface area contributed by atoms with Gasteiger partial charge in [0.1, 0.15) is 6.33 Å². The normalized spacial score (nSPS) is 11.1. The van der Waals surface area contributed by atoms with E-state index < -0.39 is 20.6 Å². The lowest BCUT2D eigenvalue weighted by atomic mass is 10.4. The molecule has 12 heteroatoms. The summed E-state index contributed by atoms with van der Waals surface area (Å²) in [6, 6.07) is 0. The van der Waals surface area contributed by atoms with Gasteiger partial charge in [-0.25, -0.2) is 29.0 Å². The Balaban J connectivity index is 2.81. The van der Waals surface area contributed by atoms with E-state index in [0.717, 1.165) is 6.33 Å². The van der Waals surface area contributed by atoms with Gasteiger partial charge in [-0.1, -0.05) is 6.92 Å². The molecule has 0 fully saturated rings. The molecule has 0 aliphatic rings. The van der Waals surface area contributed by atoms with Crippen molar-refractivity contribution in [1.82, 2.24) is 14.7 Å². The summed E-state index contributed by atoms with van der Waals surface area (Å²) < 4.78 is 25.1. The molecule has 0 saturated heterocycles. The Kier molecular flexibility index (Phi) is 5.54. The van der Waals surface area contributed by atoms with Crippen molar-refractivity contribution in [2.75, 3.05) is 29.6 Å². The van der Waals surface area contributed by atoms with Crippen molar-refractivity contribution in [3.05, 3.63) is 16.4 Å². The minimum atomic E-state index is -3.42. The lowest BCUT2D eigenvalue weighted by Crippen LogP contribution is -2.29. The highest BCUT2D eigenvalue weighted by Gasteiger charge is 2.22. The number of anilines is 2. The van der Waals surface area contributed by atoms with Crippen LogP contribution in [0.2, 0.25) is 0 Å². The smallest absolute Gasteiger partial charge is 0.354 e. The molecule has 0 aliphatic carbocycles. The van der Waals surface area contributed by atoms with E-state index in [1.807, 2.05) is 0 Å². The van der Waals surface area contributed by atoms with Crippen molar-refractivity contribution in [2.45, 2.75) is 6.92 Å². The van der Waals surface area contributed by atoms with Crippen molar-refractivity contribution >= 4 is 27.3 Å². The Hall–Kier alpha value is -2.05. The van der Waals surface area contributed by atoms with Gasteiger partial charge in [-0.3, -0.25) is 10.1 Å². The molecule has 0 aliphatic heterocycles. The number of hydrazine groups is 1. The standard InChI is InChI=1S/C8H15N7O4S/c1-2-13-20(18,19)4-3-10-7-6(15(16)17)8(14-9)12-5-11-7/h5,13H,2-4,9H2,1H3,(H2,10,11,12,14). The van der Waals surface area contributed by atoms with Crippen LogP contribution in [0.1, 0.15) is 6.92 Å². The molecule has 1 heterocycles. The number of hydrogen-bond acceptors (Lipinski definition) is 9. The first kappa shape index (κ1) is 16.0. The second-order valence-corrected chi connectivity index (χ2v) is 5.49. The molecule has 0 atom stereocenters. The number of nitrogen functional groups attached to an aromatic ring is 1. The summed E-state index contributed by atoms with van der Waals surface area (Å²) in [7, 11) is -3.42. The van der Waals surface area contributed by atoms with E-state index in [2.05, 4.69) is 25.4 Å². The Morgan fingerprint density at radius 2 is 2.05 bits per heavy atom. The van der Waals surface area contributed by atoms with E-state index in [1.54, 1.807) is 6.92 Å². The van der Waals surface area contributed by atoms with Crippen LogP contribution in [-0.2, 0) is 10.0 Å². The molecule has 1 rings (SSSR count). The number of aromatic nitrogens is 2. The highest BCUT2D eigenvalue weighted by Crippen LogP contribution is 2.27. The zero-order valence-corrected chi connectivity index (χ0v) is 11.5. The molecule has 0 unspecified atom stereocenters. The fourth-order valence-electron chi connectivity index (χ4n) is 1.38. The number of nitrogens with zero attached hydrogens (tertiary/aromatic N) is 3. The third kappa shape index (κ3) is 4.25. The topological polar surface area (TPSA) is 165 Å². The summed E-state index contributed by atoms with van der Waals surface area (Å²) in [4.78, 5) is 17.5. The summed E-state index contributed by atoms with van der Waals surface area (Å²) in [5, 5.41) is 13.5. The summed E-state index contributed by atoms with van der Waals surface area (Å²) >= 11 is 0. The number of nitro groups is 1. The minimum absolute atomic E-state index is 0.0444. The third-order valence-electron chi connectivity index (χ3n) is 2.17. The van der Waals surface area contributed by atoms with Gasteiger partial charge in [0.25, 0.3) is 0 Å². The molecule has 1 aromatic heterocycles. The largest absolute Gasteiger partial charge is 0.363 e. The van der Waals surface area contributed by atoms with Crippen molar-refractivity contribution in [3.63, 3.8) is 0 Å². The van der Waals surface area contributed by atoms with E-state index in [-0.39, 0.29) is 30.5 Å². The summed E-state index contributed by atoms with van der Waals surface area (Å²) in [6.45, 7) is 1.88. The molecule has 11 nitrogen and oxygen atoms in total. The van der Waals surface area contributed by atoms with Crippen molar-refractivity contribution in [1.29, 1.82) is 0 Å². The molecule has 0 spiro atoms. The zero-order chi connectivity index (χ0) is 15.2. The van der Waals surface area contributed by atoms with Crippen LogP contribution in [0.4, 0.5) is 17.3 Å². The van der Waals surface area contributed by atoms with Gasteiger partial charge in [0.2, 0.25) is 21.7 Å². The van der Waals surface area contributed by atoms with Gasteiger partial charge in [0, 0.05) is 13.1 Å². The van der Waals surface area contributed by atoms with Gasteiger partial charge < -0.3 is 10.7 Å². The van der Waals surface area contributed by atoms with E-state index in [1.165, 1.54) is 0 Å². The molecule has 5 N–H and O–H groups in total. The van der Waals surface area contributed by atoms with Gasteiger partial charge in [0.15, 0.2) is 0 Å². The van der Waals surface area contributed by atoms with Gasteiger partial charge in [0.05, 0.1) is 10.7 Å². The number of nitrogens with two attached hydrogens (primary N) is 1. The first-order valence-corrected chi connectivity index (χ1v) is 7.23. The average Bonchev–Trinajstić information content (AvgIpc) is 2.37. The SMILES string of the molecule is CCNS(=O)(=O)CCNc1ncnc(NN)c1[N+](=O)[O-]. The Bertz CT molecular complexity index is 576. The lowest BCUT2D eigenvalue weighted by Gasteiger charge is -2.08. The maximum Gasteiger partial charge on any atom is 0.354 e. The third-order valence-corrected chi connectivity index (χ3v) is 3.64. The van der Waals surface area contributed by atoms with Crippen molar-refractivity contribution in [3.8, 4) is 0 Å². The number of rotatable bonds is 8. The molecular weight excluding hydrogens is 290 g/mol. The predicted octanol–water partition coefficient (Wildman–Crippen LogP) is -0.978. The molecular formula is C8H15N7O4S. The molecule has 0 bridgehead atoms. The van der Waals surface area contributed by atoms with Crippen LogP contribution in [0.15, 0.2) is 6.33 Å². The number of hydrogen-bond donors (Lipinski definition) is 4. The van der Waals surface area contributed by atoms with Crippen LogP contribution >= 0.6 is 0 Å². The van der Waals surface area contributed by atoms with E-state index >= 15 is 0 Å². The number of nitrogens with one attached hydrogen (secondary N) is 3. The molecule has 0 aromatic carbocycles. The summed E-state index contributed by atoms with van der Waals surface area (Å²) in [5.41, 5.74) is 1.63. The number of sulfonamides is 1. The van der Waals surface area contributed by atoms with Gasteiger partial charge >= 0.3 is 5.69 Å². The average molecular weight is 305 g/mol. The van der Waals surface area contributed by atoms with Crippen LogP contribution < -0.4 is 21.3 Å². The summed E-state index contributed by atoms with van der Waals surface area (Å²) in [5.74, 6) is 4.60. The summed E-state index contributed by atoms with van der Waals surface area (Å²) in [6.07, 6.45) is 1.07. The van der Waals surface area contributed by atoms with E-state index in [0.29, 0.717) is 0 Å². The zero-order valence-electron chi connectivity index (χ0n) is 10.7. The van der Waals surface area contributed by atoms with Crippen LogP contribution in [0.3, 0.4) is 0 Å². The molecule has 0 radical (unpaired) electrons. The molecule has 0 amide bonds. The molecule has 112 valence electrons. The first-order chi connectivity index (χ1) is 9.41.